The van der Waals surface area contributed by atoms with Crippen LogP contribution in [-0.4, -0.2) is 63.3 Å². The number of aryl methyl sites for hydroxylation is 1. The van der Waals surface area contributed by atoms with Gasteiger partial charge in [0.15, 0.2) is 17.3 Å². The zero-order valence-electron chi connectivity index (χ0n) is 21.3. The van der Waals surface area contributed by atoms with Gasteiger partial charge in [0.1, 0.15) is 0 Å². The summed E-state index contributed by atoms with van der Waals surface area (Å²) in [5, 5.41) is 0. The molecule has 0 saturated carbocycles. The first kappa shape index (κ1) is 23.9. The molecule has 36 heavy (non-hydrogen) atoms. The Morgan fingerprint density at radius 3 is 2.08 bits per heavy atom. The van der Waals surface area contributed by atoms with E-state index < -0.39 is 0 Å². The quantitative estimate of drug-likeness (QED) is 0.514. The monoisotopic (exact) mass is 488 g/mol. The summed E-state index contributed by atoms with van der Waals surface area (Å²) in [4.78, 5) is 27.5. The van der Waals surface area contributed by atoms with Crippen molar-refractivity contribution in [3.05, 3.63) is 65.0 Å². The van der Waals surface area contributed by atoms with Gasteiger partial charge in [0, 0.05) is 38.3 Å². The lowest BCUT2D eigenvalue weighted by Crippen LogP contribution is -2.47. The number of anilines is 2. The van der Waals surface area contributed by atoms with Gasteiger partial charge in [-0.3, -0.25) is 4.79 Å². The largest absolute Gasteiger partial charge is 0.493 e. The van der Waals surface area contributed by atoms with E-state index in [1.54, 1.807) is 21.3 Å². The molecule has 1 aliphatic heterocycles. The van der Waals surface area contributed by atoms with Crippen LogP contribution in [0.2, 0.25) is 0 Å². The van der Waals surface area contributed by atoms with Gasteiger partial charge in [0.25, 0.3) is 0 Å². The van der Waals surface area contributed by atoms with Crippen molar-refractivity contribution in [2.45, 2.75) is 25.7 Å². The van der Waals surface area contributed by atoms with Crippen LogP contribution in [0.15, 0.2) is 42.5 Å². The van der Waals surface area contributed by atoms with Crippen LogP contribution < -0.4 is 24.0 Å². The van der Waals surface area contributed by atoms with E-state index in [9.17, 15) is 4.79 Å². The number of para-hydroxylation sites is 1. The molecule has 0 bridgehead atoms. The number of carbonyl (C=O) groups excluding carboxylic acids is 1. The number of benzene rings is 2. The van der Waals surface area contributed by atoms with Crippen LogP contribution in [0.5, 0.6) is 17.2 Å². The Hall–Kier alpha value is -3.81. The molecule has 1 atom stereocenters. The van der Waals surface area contributed by atoms with Crippen LogP contribution in [0, 0.1) is 6.92 Å². The lowest BCUT2D eigenvalue weighted by atomic mass is 9.81. The Bertz CT molecular complexity index is 1230. The highest BCUT2D eigenvalue weighted by molar-refractivity contribution is 5.99. The van der Waals surface area contributed by atoms with Crippen molar-refractivity contribution in [2.24, 2.45) is 0 Å². The lowest BCUT2D eigenvalue weighted by molar-refractivity contribution is 0.0961. The second kappa shape index (κ2) is 10.0. The maximum absolute atomic E-state index is 13.2. The van der Waals surface area contributed by atoms with Crippen molar-refractivity contribution in [1.82, 2.24) is 9.97 Å². The van der Waals surface area contributed by atoms with E-state index >= 15 is 0 Å². The molecule has 2 aliphatic rings. The van der Waals surface area contributed by atoms with Gasteiger partial charge in [-0.15, -0.1) is 0 Å². The summed E-state index contributed by atoms with van der Waals surface area (Å²) >= 11 is 0. The fourth-order valence-corrected chi connectivity index (χ4v) is 5.28. The molecule has 8 heteroatoms. The maximum atomic E-state index is 13.2. The number of aromatic nitrogens is 2. The van der Waals surface area contributed by atoms with Gasteiger partial charge in [-0.05, 0) is 49.1 Å². The molecule has 1 unspecified atom stereocenters. The van der Waals surface area contributed by atoms with Crippen molar-refractivity contribution in [3.63, 3.8) is 0 Å². The molecule has 1 aliphatic carbocycles. The van der Waals surface area contributed by atoms with Gasteiger partial charge in [-0.2, -0.15) is 0 Å². The third-order valence-corrected chi connectivity index (χ3v) is 7.15. The average Bonchev–Trinajstić information content (AvgIpc) is 2.92. The Kier molecular flexibility index (Phi) is 6.67. The summed E-state index contributed by atoms with van der Waals surface area (Å²) < 4.78 is 16.5. The first-order valence-corrected chi connectivity index (χ1v) is 12.3. The number of hydrogen-bond acceptors (Lipinski definition) is 8. The number of hydrogen-bond donors (Lipinski definition) is 0. The molecule has 0 amide bonds. The molecule has 188 valence electrons. The van der Waals surface area contributed by atoms with Gasteiger partial charge < -0.3 is 24.0 Å². The highest BCUT2D eigenvalue weighted by Crippen LogP contribution is 2.43. The number of fused-ring (bicyclic) bond motifs is 1. The number of methoxy groups -OCH3 is 3. The van der Waals surface area contributed by atoms with Crippen molar-refractivity contribution in [2.75, 3.05) is 57.3 Å². The number of nitrogens with zero attached hydrogens (tertiary/aromatic N) is 4. The van der Waals surface area contributed by atoms with Gasteiger partial charge in [0.2, 0.25) is 11.7 Å². The Balaban J connectivity index is 1.40. The van der Waals surface area contributed by atoms with Crippen LogP contribution in [0.1, 0.15) is 39.6 Å². The predicted octanol–water partition coefficient (Wildman–Crippen LogP) is 4.05. The van der Waals surface area contributed by atoms with Crippen LogP contribution in [0.25, 0.3) is 0 Å². The van der Waals surface area contributed by atoms with Crippen LogP contribution in [0.4, 0.5) is 11.6 Å². The molecule has 1 fully saturated rings. The highest BCUT2D eigenvalue weighted by Gasteiger charge is 2.32. The zero-order valence-corrected chi connectivity index (χ0v) is 21.3. The lowest BCUT2D eigenvalue weighted by Gasteiger charge is -2.36. The summed E-state index contributed by atoms with van der Waals surface area (Å²) in [7, 11) is 4.78. The normalized spacial score (nSPS) is 17.6. The molecule has 5 rings (SSSR count). The van der Waals surface area contributed by atoms with E-state index in [1.807, 2.05) is 25.1 Å². The topological polar surface area (TPSA) is 77.0 Å². The van der Waals surface area contributed by atoms with Crippen LogP contribution >= 0.6 is 0 Å². The molecular formula is C28H32N4O4. The number of Topliss-reactive ketones (excluding diaryl/α,β-unsaturated/α-hetero) is 1. The van der Waals surface area contributed by atoms with Gasteiger partial charge in [-0.1, -0.05) is 18.2 Å². The zero-order chi connectivity index (χ0) is 25.2. The Morgan fingerprint density at radius 1 is 0.833 bits per heavy atom. The third kappa shape index (κ3) is 4.43. The first-order valence-electron chi connectivity index (χ1n) is 12.3. The van der Waals surface area contributed by atoms with Crippen molar-refractivity contribution in [3.8, 4) is 17.2 Å². The summed E-state index contributed by atoms with van der Waals surface area (Å²) in [6, 6.07) is 14.3. The van der Waals surface area contributed by atoms with Crippen molar-refractivity contribution in [1.29, 1.82) is 0 Å². The third-order valence-electron chi connectivity index (χ3n) is 7.15. The molecule has 8 nitrogen and oxygen atoms in total. The number of ether oxygens (including phenoxy) is 3. The molecule has 2 heterocycles. The fourth-order valence-electron chi connectivity index (χ4n) is 5.28. The minimum Gasteiger partial charge on any atom is -0.493 e. The summed E-state index contributed by atoms with van der Waals surface area (Å²) in [5.41, 5.74) is 4.45. The minimum atomic E-state index is -0.0317. The fraction of sp³-hybridized carbons (Fsp3) is 0.393. The van der Waals surface area contributed by atoms with Crippen LogP contribution in [-0.2, 0) is 6.42 Å². The molecule has 0 N–H and O–H groups in total. The number of piperazine rings is 1. The number of carbonyl (C=O) groups is 1. The van der Waals surface area contributed by atoms with E-state index in [1.165, 1.54) is 5.69 Å². The van der Waals surface area contributed by atoms with Gasteiger partial charge in [-0.25, -0.2) is 9.97 Å². The Morgan fingerprint density at radius 2 is 1.47 bits per heavy atom. The second-order valence-electron chi connectivity index (χ2n) is 9.23. The number of rotatable bonds is 6. The molecule has 1 aromatic heterocycles. The average molecular weight is 489 g/mol. The molecule has 2 aromatic carbocycles. The second-order valence-corrected chi connectivity index (χ2v) is 9.23. The summed E-state index contributed by atoms with van der Waals surface area (Å²) in [5.74, 6) is 2.46. The highest BCUT2D eigenvalue weighted by atomic mass is 16.5. The standard InChI is InChI=1S/C28H32N4O4/c1-18-26-22(30-28(29-18)32-12-10-31(11-13-32)21-8-6-5-7-9-21)14-19(15-23(26)33)20-16-24(34-2)27(36-4)25(17-20)35-3/h5-9,16-17,19H,10-15H2,1-4H3. The molecule has 0 spiro atoms. The van der Waals surface area contributed by atoms with E-state index in [0.717, 1.165) is 43.1 Å². The van der Waals surface area contributed by atoms with Gasteiger partial charge >= 0.3 is 0 Å². The summed E-state index contributed by atoms with van der Waals surface area (Å²) in [6.45, 7) is 5.38. The molecule has 1 saturated heterocycles. The van der Waals surface area contributed by atoms with E-state index in [0.29, 0.717) is 41.6 Å². The molecule has 0 radical (unpaired) electrons. The molecule has 3 aromatic rings. The SMILES string of the molecule is COc1cc(C2CC(=O)c3c(C)nc(N4CCN(c5ccccc5)CC4)nc3C2)cc(OC)c1OC. The van der Waals surface area contributed by atoms with Gasteiger partial charge in [0.05, 0.1) is 38.3 Å². The smallest absolute Gasteiger partial charge is 0.225 e. The number of ketones is 1. The van der Waals surface area contributed by atoms with E-state index in [-0.39, 0.29) is 11.7 Å². The molecular weight excluding hydrogens is 456 g/mol. The van der Waals surface area contributed by atoms with Crippen molar-refractivity contribution < 1.29 is 19.0 Å². The van der Waals surface area contributed by atoms with E-state index in [2.05, 4.69) is 34.1 Å². The van der Waals surface area contributed by atoms with Crippen molar-refractivity contribution >= 4 is 17.4 Å². The predicted molar refractivity (Wildman–Crippen MR) is 139 cm³/mol. The van der Waals surface area contributed by atoms with E-state index in [4.69, 9.17) is 24.2 Å². The summed E-state index contributed by atoms with van der Waals surface area (Å²) in [6.07, 6.45) is 1.05. The maximum Gasteiger partial charge on any atom is 0.225 e. The Labute approximate surface area is 211 Å². The minimum absolute atomic E-state index is 0.0317. The first-order chi connectivity index (χ1) is 17.5. The van der Waals surface area contributed by atoms with Crippen LogP contribution in [0.3, 0.4) is 0 Å².